The summed E-state index contributed by atoms with van der Waals surface area (Å²) in [5.74, 6) is 0. The molecule has 2 rings (SSSR count). The summed E-state index contributed by atoms with van der Waals surface area (Å²) in [6.45, 7) is 5.91. The zero-order valence-electron chi connectivity index (χ0n) is 12.3. The molecule has 0 amide bonds. The first-order valence-corrected chi connectivity index (χ1v) is 7.78. The van der Waals surface area contributed by atoms with Crippen LogP contribution in [0.3, 0.4) is 0 Å². The summed E-state index contributed by atoms with van der Waals surface area (Å²) in [5.41, 5.74) is 2.29. The van der Waals surface area contributed by atoms with E-state index in [1.54, 1.807) is 18.4 Å². The van der Waals surface area contributed by atoms with Crippen molar-refractivity contribution in [2.24, 2.45) is 0 Å². The third kappa shape index (κ3) is 4.13. The number of methoxy groups -OCH3 is 1. The second kappa shape index (κ2) is 7.53. The molecule has 20 heavy (non-hydrogen) atoms. The zero-order valence-corrected chi connectivity index (χ0v) is 13.2. The highest BCUT2D eigenvalue weighted by Gasteiger charge is 2.13. The van der Waals surface area contributed by atoms with Crippen molar-refractivity contribution in [1.29, 1.82) is 0 Å². The Kier molecular flexibility index (Phi) is 5.71. The van der Waals surface area contributed by atoms with Crippen molar-refractivity contribution < 1.29 is 4.74 Å². The van der Waals surface area contributed by atoms with Gasteiger partial charge in [0.2, 0.25) is 0 Å². The van der Waals surface area contributed by atoms with E-state index in [2.05, 4.69) is 43.4 Å². The Morgan fingerprint density at radius 2 is 2.00 bits per heavy atom. The van der Waals surface area contributed by atoms with Gasteiger partial charge in [-0.25, -0.2) is 4.98 Å². The fraction of sp³-hybridized carbons (Fsp3) is 0.438. The van der Waals surface area contributed by atoms with Crippen molar-refractivity contribution in [3.63, 3.8) is 0 Å². The summed E-state index contributed by atoms with van der Waals surface area (Å²) in [6, 6.07) is 10.9. The smallest absolute Gasteiger partial charge is 0.0958 e. The van der Waals surface area contributed by atoms with Crippen LogP contribution in [-0.4, -0.2) is 24.7 Å². The SMILES string of the molecule is COCCc1nc(-c2ccccc2)c(CNC(C)C)s1. The van der Waals surface area contributed by atoms with Gasteiger partial charge in [0.05, 0.1) is 17.3 Å². The van der Waals surface area contributed by atoms with E-state index in [4.69, 9.17) is 9.72 Å². The lowest BCUT2D eigenvalue weighted by Crippen LogP contribution is -2.21. The van der Waals surface area contributed by atoms with Crippen LogP contribution >= 0.6 is 11.3 Å². The van der Waals surface area contributed by atoms with E-state index in [1.807, 2.05) is 6.07 Å². The van der Waals surface area contributed by atoms with Crippen LogP contribution in [0.5, 0.6) is 0 Å². The molecule has 0 fully saturated rings. The standard InChI is InChI=1S/C16H22N2OS/c1-12(2)17-11-14-16(13-7-5-4-6-8-13)18-15(20-14)9-10-19-3/h4-8,12,17H,9-11H2,1-3H3. The molecule has 2 aromatic rings. The molecule has 0 bridgehead atoms. The molecular weight excluding hydrogens is 268 g/mol. The highest BCUT2D eigenvalue weighted by molar-refractivity contribution is 7.12. The molecule has 1 N–H and O–H groups in total. The van der Waals surface area contributed by atoms with Crippen LogP contribution < -0.4 is 5.32 Å². The second-order valence-corrected chi connectivity index (χ2v) is 6.19. The van der Waals surface area contributed by atoms with E-state index in [0.717, 1.165) is 30.3 Å². The van der Waals surface area contributed by atoms with Gasteiger partial charge in [-0.1, -0.05) is 44.2 Å². The van der Waals surface area contributed by atoms with Gasteiger partial charge in [-0.3, -0.25) is 0 Å². The van der Waals surface area contributed by atoms with E-state index in [9.17, 15) is 0 Å². The third-order valence-electron chi connectivity index (χ3n) is 2.98. The molecule has 108 valence electrons. The summed E-state index contributed by atoms with van der Waals surface area (Å²) in [7, 11) is 1.73. The number of benzene rings is 1. The lowest BCUT2D eigenvalue weighted by Gasteiger charge is -2.07. The summed E-state index contributed by atoms with van der Waals surface area (Å²) in [4.78, 5) is 6.10. The van der Waals surface area contributed by atoms with Crippen LogP contribution in [0.4, 0.5) is 0 Å². The van der Waals surface area contributed by atoms with Gasteiger partial charge in [0.1, 0.15) is 0 Å². The van der Waals surface area contributed by atoms with Crippen molar-refractivity contribution in [1.82, 2.24) is 10.3 Å². The maximum absolute atomic E-state index is 5.15. The molecule has 0 saturated heterocycles. The minimum Gasteiger partial charge on any atom is -0.384 e. The van der Waals surface area contributed by atoms with E-state index in [1.165, 1.54) is 10.4 Å². The topological polar surface area (TPSA) is 34.1 Å². The number of hydrogen-bond acceptors (Lipinski definition) is 4. The molecule has 1 aromatic heterocycles. The zero-order chi connectivity index (χ0) is 14.4. The van der Waals surface area contributed by atoms with Crippen LogP contribution in [0, 0.1) is 0 Å². The number of nitrogens with zero attached hydrogens (tertiary/aromatic N) is 1. The number of thiazole rings is 1. The summed E-state index contributed by atoms with van der Waals surface area (Å²) in [5, 5.41) is 4.63. The molecule has 0 aliphatic rings. The Labute approximate surface area is 125 Å². The summed E-state index contributed by atoms with van der Waals surface area (Å²) in [6.07, 6.45) is 0.878. The first-order chi connectivity index (χ1) is 9.70. The van der Waals surface area contributed by atoms with Gasteiger partial charge in [0.15, 0.2) is 0 Å². The van der Waals surface area contributed by atoms with Gasteiger partial charge in [-0.15, -0.1) is 11.3 Å². The molecule has 0 unspecified atom stereocenters. The minimum absolute atomic E-state index is 0.475. The highest BCUT2D eigenvalue weighted by Crippen LogP contribution is 2.28. The predicted octanol–water partition coefficient (Wildman–Crippen LogP) is 3.50. The van der Waals surface area contributed by atoms with E-state index in [-0.39, 0.29) is 0 Å². The fourth-order valence-electron chi connectivity index (χ4n) is 1.93. The molecule has 3 nitrogen and oxygen atoms in total. The Balaban J connectivity index is 2.24. The van der Waals surface area contributed by atoms with Crippen molar-refractivity contribution in [3.8, 4) is 11.3 Å². The van der Waals surface area contributed by atoms with Gasteiger partial charge in [-0.05, 0) is 0 Å². The average Bonchev–Trinajstić information content (AvgIpc) is 2.87. The number of aromatic nitrogens is 1. The van der Waals surface area contributed by atoms with Crippen molar-refractivity contribution in [3.05, 3.63) is 40.2 Å². The van der Waals surface area contributed by atoms with Crippen LogP contribution in [-0.2, 0) is 17.7 Å². The second-order valence-electron chi connectivity index (χ2n) is 5.02. The monoisotopic (exact) mass is 290 g/mol. The van der Waals surface area contributed by atoms with Gasteiger partial charge >= 0.3 is 0 Å². The van der Waals surface area contributed by atoms with Gasteiger partial charge in [0, 0.05) is 36.6 Å². The molecule has 0 radical (unpaired) electrons. The molecule has 1 aromatic carbocycles. The minimum atomic E-state index is 0.475. The molecule has 0 aliphatic heterocycles. The maximum atomic E-state index is 5.15. The van der Waals surface area contributed by atoms with Gasteiger partial charge in [0.25, 0.3) is 0 Å². The van der Waals surface area contributed by atoms with Gasteiger partial charge in [-0.2, -0.15) is 0 Å². The Bertz CT molecular complexity index is 523. The normalized spacial score (nSPS) is 11.2. The van der Waals surface area contributed by atoms with E-state index < -0.39 is 0 Å². The van der Waals surface area contributed by atoms with Gasteiger partial charge < -0.3 is 10.1 Å². The van der Waals surface area contributed by atoms with E-state index >= 15 is 0 Å². The van der Waals surface area contributed by atoms with Crippen molar-refractivity contribution in [2.45, 2.75) is 32.9 Å². The summed E-state index contributed by atoms with van der Waals surface area (Å²) < 4.78 is 5.15. The van der Waals surface area contributed by atoms with Crippen molar-refractivity contribution in [2.75, 3.05) is 13.7 Å². The maximum Gasteiger partial charge on any atom is 0.0958 e. The highest BCUT2D eigenvalue weighted by atomic mass is 32.1. The number of rotatable bonds is 7. The Hall–Kier alpha value is -1.23. The fourth-order valence-corrected chi connectivity index (χ4v) is 2.96. The lowest BCUT2D eigenvalue weighted by molar-refractivity contribution is 0.202. The number of nitrogens with one attached hydrogen (secondary N) is 1. The largest absolute Gasteiger partial charge is 0.384 e. The first kappa shape index (κ1) is 15.2. The Morgan fingerprint density at radius 3 is 2.65 bits per heavy atom. The lowest BCUT2D eigenvalue weighted by atomic mass is 10.1. The molecular formula is C16H22N2OS. The van der Waals surface area contributed by atoms with E-state index in [0.29, 0.717) is 6.04 Å². The molecule has 0 spiro atoms. The van der Waals surface area contributed by atoms with Crippen LogP contribution in [0.2, 0.25) is 0 Å². The molecule has 0 atom stereocenters. The summed E-state index contributed by atoms with van der Waals surface area (Å²) >= 11 is 1.78. The quantitative estimate of drug-likeness (QED) is 0.847. The molecule has 4 heteroatoms. The Morgan fingerprint density at radius 1 is 1.25 bits per heavy atom. The van der Waals surface area contributed by atoms with Crippen LogP contribution in [0.25, 0.3) is 11.3 Å². The molecule has 0 aliphatic carbocycles. The third-order valence-corrected chi connectivity index (χ3v) is 4.09. The van der Waals surface area contributed by atoms with Crippen LogP contribution in [0.1, 0.15) is 23.7 Å². The predicted molar refractivity (Wildman–Crippen MR) is 85.1 cm³/mol. The first-order valence-electron chi connectivity index (χ1n) is 6.97. The number of hydrogen-bond donors (Lipinski definition) is 1. The molecule has 1 heterocycles. The average molecular weight is 290 g/mol. The number of ether oxygens (including phenoxy) is 1. The molecule has 0 saturated carbocycles. The van der Waals surface area contributed by atoms with Crippen molar-refractivity contribution >= 4 is 11.3 Å². The van der Waals surface area contributed by atoms with Crippen LogP contribution in [0.15, 0.2) is 30.3 Å².